The Balaban J connectivity index is 1.43. The summed E-state index contributed by atoms with van der Waals surface area (Å²) in [7, 11) is 0. The molecular weight excluding hydrogens is 527 g/mol. The first-order chi connectivity index (χ1) is 19.7. The molecule has 9 rings (SSSR count). The number of rotatable bonds is 1. The first-order valence-electron chi connectivity index (χ1n) is 13.4. The Hall–Kier alpha value is -4.43. The zero-order valence-electron chi connectivity index (χ0n) is 21.3. The van der Waals surface area contributed by atoms with Crippen molar-refractivity contribution in [3.63, 3.8) is 0 Å². The standard InChI is InChI=1S/C36H21O2PS/c40-39-34-28-11-5-3-8-23(28)15-18-30(34)37-32-20-17-27(26-14-13-22-7-1-2-10-25(22)21-26)33(36(32)39)38-31-19-16-24-9-4-6-12-29(24)35(31)39/h1-21H. The zero-order chi connectivity index (χ0) is 26.4. The van der Waals surface area contributed by atoms with Crippen LogP contribution in [0.3, 0.4) is 0 Å². The van der Waals surface area contributed by atoms with Crippen LogP contribution in [-0.4, -0.2) is 0 Å². The molecule has 0 bridgehead atoms. The van der Waals surface area contributed by atoms with Crippen LogP contribution < -0.4 is 25.4 Å². The SMILES string of the molecule is S=P12c3c(ccc(-c4ccc5ccccc5c4)c3Oc3ccc4ccccc4c31)Oc1ccc3ccccc3c12. The van der Waals surface area contributed by atoms with Crippen molar-refractivity contribution in [3.05, 3.63) is 127 Å². The summed E-state index contributed by atoms with van der Waals surface area (Å²) in [5, 5.41) is 10.3. The lowest BCUT2D eigenvalue weighted by Crippen LogP contribution is -2.36. The molecule has 2 heterocycles. The van der Waals surface area contributed by atoms with E-state index in [1.165, 1.54) is 10.8 Å². The number of ether oxygens (including phenoxy) is 2. The Morgan fingerprint density at radius 1 is 0.450 bits per heavy atom. The third-order valence-electron chi connectivity index (χ3n) is 8.26. The molecule has 7 aromatic rings. The quantitative estimate of drug-likeness (QED) is 0.191. The Morgan fingerprint density at radius 3 is 1.68 bits per heavy atom. The van der Waals surface area contributed by atoms with Crippen molar-refractivity contribution in [1.82, 2.24) is 0 Å². The topological polar surface area (TPSA) is 18.5 Å². The Labute approximate surface area is 236 Å². The van der Waals surface area contributed by atoms with E-state index in [-0.39, 0.29) is 0 Å². The van der Waals surface area contributed by atoms with Gasteiger partial charge < -0.3 is 9.47 Å². The first kappa shape index (κ1) is 22.4. The fourth-order valence-electron chi connectivity index (χ4n) is 6.47. The van der Waals surface area contributed by atoms with Crippen LogP contribution in [0.5, 0.6) is 23.0 Å². The van der Waals surface area contributed by atoms with Crippen LogP contribution >= 0.6 is 6.04 Å². The number of fused-ring (bicyclic) bond motifs is 9. The summed E-state index contributed by atoms with van der Waals surface area (Å²) in [4.78, 5) is 0. The summed E-state index contributed by atoms with van der Waals surface area (Å²) in [6.07, 6.45) is 0. The Kier molecular flexibility index (Phi) is 4.51. The van der Waals surface area contributed by atoms with Crippen LogP contribution in [0.2, 0.25) is 0 Å². The molecule has 2 aliphatic rings. The van der Waals surface area contributed by atoms with E-state index in [0.29, 0.717) is 0 Å². The third-order valence-corrected chi connectivity index (χ3v) is 13.1. The zero-order valence-corrected chi connectivity index (χ0v) is 23.0. The molecule has 7 aromatic carbocycles. The fraction of sp³-hybridized carbons (Fsp3) is 0. The van der Waals surface area contributed by atoms with Gasteiger partial charge in [0.25, 0.3) is 0 Å². The second-order valence-electron chi connectivity index (χ2n) is 10.4. The molecule has 40 heavy (non-hydrogen) atoms. The third kappa shape index (κ3) is 2.91. The van der Waals surface area contributed by atoms with Gasteiger partial charge in [-0.1, -0.05) is 109 Å². The van der Waals surface area contributed by atoms with Gasteiger partial charge in [-0.25, -0.2) is 0 Å². The van der Waals surface area contributed by atoms with Crippen LogP contribution in [0, 0.1) is 0 Å². The van der Waals surface area contributed by atoms with Crippen LogP contribution in [0.4, 0.5) is 0 Å². The van der Waals surface area contributed by atoms with Crippen molar-refractivity contribution >= 4 is 66.1 Å². The van der Waals surface area contributed by atoms with Gasteiger partial charge in [-0.05, 0) is 68.2 Å². The second kappa shape index (κ2) is 8.05. The number of benzene rings is 7. The molecule has 1 unspecified atom stereocenters. The summed E-state index contributed by atoms with van der Waals surface area (Å²) >= 11 is 7.05. The van der Waals surface area contributed by atoms with Gasteiger partial charge in [0, 0.05) is 16.2 Å². The molecule has 0 N–H and O–H groups in total. The molecule has 2 nitrogen and oxygen atoms in total. The van der Waals surface area contributed by atoms with Crippen LogP contribution in [0.25, 0.3) is 43.4 Å². The van der Waals surface area contributed by atoms with E-state index < -0.39 is 6.04 Å². The smallest absolute Gasteiger partial charge is 0.148 e. The molecule has 0 radical (unpaired) electrons. The summed E-state index contributed by atoms with van der Waals surface area (Å²) in [6, 6.07) is 42.1. The van der Waals surface area contributed by atoms with Gasteiger partial charge in [-0.15, -0.1) is 0 Å². The number of hydrogen-bond acceptors (Lipinski definition) is 3. The summed E-state index contributed by atoms with van der Waals surface area (Å²) in [5.41, 5.74) is 2.14. The van der Waals surface area contributed by atoms with E-state index in [1.54, 1.807) is 0 Å². The van der Waals surface area contributed by atoms with Gasteiger partial charge >= 0.3 is 0 Å². The highest BCUT2D eigenvalue weighted by Gasteiger charge is 2.45. The minimum atomic E-state index is -2.62. The molecule has 4 heteroatoms. The van der Waals surface area contributed by atoms with E-state index in [4.69, 9.17) is 21.3 Å². The lowest BCUT2D eigenvalue weighted by atomic mass is 10.00. The highest BCUT2D eigenvalue weighted by Crippen LogP contribution is 2.62. The Bertz CT molecular complexity index is 2220. The lowest BCUT2D eigenvalue weighted by Gasteiger charge is -2.39. The summed E-state index contributed by atoms with van der Waals surface area (Å²) < 4.78 is 13.6. The van der Waals surface area contributed by atoms with Crippen molar-refractivity contribution in [2.45, 2.75) is 0 Å². The maximum Gasteiger partial charge on any atom is 0.148 e. The van der Waals surface area contributed by atoms with Gasteiger partial charge in [-0.2, -0.15) is 0 Å². The predicted molar refractivity (Wildman–Crippen MR) is 171 cm³/mol. The lowest BCUT2D eigenvalue weighted by molar-refractivity contribution is 0.468. The van der Waals surface area contributed by atoms with Gasteiger partial charge in [0.05, 0.1) is 11.3 Å². The van der Waals surface area contributed by atoms with Crippen molar-refractivity contribution in [2.75, 3.05) is 0 Å². The monoisotopic (exact) mass is 548 g/mol. The average Bonchev–Trinajstić information content (AvgIpc) is 3.00. The molecule has 0 saturated carbocycles. The molecule has 0 aliphatic carbocycles. The number of hydrogen-bond donors (Lipinski definition) is 0. The molecule has 0 spiro atoms. The normalized spacial score (nSPS) is 16.6. The van der Waals surface area contributed by atoms with E-state index in [0.717, 1.165) is 71.6 Å². The molecule has 188 valence electrons. The van der Waals surface area contributed by atoms with Crippen molar-refractivity contribution in [3.8, 4) is 34.1 Å². The maximum atomic E-state index is 7.05. The average molecular weight is 549 g/mol. The molecule has 0 saturated heterocycles. The second-order valence-corrected chi connectivity index (χ2v) is 14.6. The first-order valence-corrected chi connectivity index (χ1v) is 16.2. The Morgan fingerprint density at radius 2 is 0.975 bits per heavy atom. The highest BCUT2D eigenvalue weighted by molar-refractivity contribution is 8.26. The largest absolute Gasteiger partial charge is 0.456 e. The van der Waals surface area contributed by atoms with Crippen molar-refractivity contribution in [1.29, 1.82) is 0 Å². The molecule has 0 fully saturated rings. The highest BCUT2D eigenvalue weighted by atomic mass is 32.4. The molecular formula is C36H21O2PS. The fourth-order valence-corrected chi connectivity index (χ4v) is 11.6. The molecule has 2 aliphatic heterocycles. The molecule has 0 aromatic heterocycles. The van der Waals surface area contributed by atoms with E-state index in [9.17, 15) is 0 Å². The maximum absolute atomic E-state index is 7.05. The van der Waals surface area contributed by atoms with E-state index >= 15 is 0 Å². The predicted octanol–water partition coefficient (Wildman–Crippen LogP) is 8.78. The van der Waals surface area contributed by atoms with Crippen LogP contribution in [-0.2, 0) is 11.8 Å². The summed E-state index contributed by atoms with van der Waals surface area (Å²) in [5.74, 6) is 3.30. The van der Waals surface area contributed by atoms with E-state index in [2.05, 4.69) is 127 Å². The van der Waals surface area contributed by atoms with Crippen LogP contribution in [0.1, 0.15) is 0 Å². The van der Waals surface area contributed by atoms with Gasteiger partial charge in [0.2, 0.25) is 0 Å². The molecule has 1 atom stereocenters. The van der Waals surface area contributed by atoms with Gasteiger partial charge in [0.1, 0.15) is 23.0 Å². The van der Waals surface area contributed by atoms with Gasteiger partial charge in [0.15, 0.2) is 0 Å². The van der Waals surface area contributed by atoms with Crippen molar-refractivity contribution in [2.24, 2.45) is 0 Å². The van der Waals surface area contributed by atoms with Crippen molar-refractivity contribution < 1.29 is 9.47 Å². The molecule has 0 amide bonds. The summed E-state index contributed by atoms with van der Waals surface area (Å²) in [6.45, 7) is 0. The van der Waals surface area contributed by atoms with Crippen LogP contribution in [0.15, 0.2) is 127 Å². The minimum Gasteiger partial charge on any atom is -0.456 e. The van der Waals surface area contributed by atoms with E-state index in [1.807, 2.05) is 0 Å². The van der Waals surface area contributed by atoms with Gasteiger partial charge in [-0.3, -0.25) is 0 Å². The minimum absolute atomic E-state index is 0.796.